The van der Waals surface area contributed by atoms with Crippen LogP contribution < -0.4 is 0 Å². The first-order valence-corrected chi connectivity index (χ1v) is 5.17. The fourth-order valence-corrected chi connectivity index (χ4v) is 2.16. The van der Waals surface area contributed by atoms with Crippen LogP contribution in [0.2, 0.25) is 0 Å². The first-order valence-electron chi connectivity index (χ1n) is 5.17. The summed E-state index contributed by atoms with van der Waals surface area (Å²) in [4.78, 5) is 11.1. The van der Waals surface area contributed by atoms with Crippen LogP contribution in [0.4, 0.5) is 0 Å². The van der Waals surface area contributed by atoms with Gasteiger partial charge in [-0.2, -0.15) is 0 Å². The molecule has 2 nitrogen and oxygen atoms in total. The largest absolute Gasteiger partial charge is 0.392 e. The minimum absolute atomic E-state index is 0.167. The molecule has 0 aromatic rings. The van der Waals surface area contributed by atoms with Crippen molar-refractivity contribution >= 4 is 5.78 Å². The van der Waals surface area contributed by atoms with Gasteiger partial charge in [-0.25, -0.2) is 0 Å². The normalized spacial score (nSPS) is 30.6. The summed E-state index contributed by atoms with van der Waals surface area (Å²) in [6.07, 6.45) is 2.54. The summed E-state index contributed by atoms with van der Waals surface area (Å²) >= 11 is 0. The molecule has 13 heavy (non-hydrogen) atoms. The number of hydrogen-bond donors (Lipinski definition) is 1. The maximum absolute atomic E-state index is 11.1. The van der Waals surface area contributed by atoms with Crippen LogP contribution in [0, 0.1) is 11.3 Å². The molecule has 1 fully saturated rings. The number of rotatable bonds is 2. The predicted octanol–water partition coefficient (Wildman–Crippen LogP) is 2.15. The van der Waals surface area contributed by atoms with E-state index in [2.05, 4.69) is 20.8 Å². The van der Waals surface area contributed by atoms with E-state index in [1.165, 1.54) is 0 Å². The summed E-state index contributed by atoms with van der Waals surface area (Å²) < 4.78 is 0. The van der Waals surface area contributed by atoms with Crippen molar-refractivity contribution in [2.45, 2.75) is 52.6 Å². The third kappa shape index (κ3) is 2.31. The van der Waals surface area contributed by atoms with Crippen molar-refractivity contribution in [3.63, 3.8) is 0 Å². The lowest BCUT2D eigenvalue weighted by molar-refractivity contribution is -0.127. The molecule has 2 atom stereocenters. The number of hydrogen-bond acceptors (Lipinski definition) is 2. The second-order valence-corrected chi connectivity index (χ2v) is 4.80. The van der Waals surface area contributed by atoms with E-state index in [1.807, 2.05) is 0 Å². The lowest BCUT2D eigenvalue weighted by Crippen LogP contribution is -2.38. The Bertz CT molecular complexity index is 196. The molecule has 2 heteroatoms. The van der Waals surface area contributed by atoms with Gasteiger partial charge in [-0.1, -0.05) is 27.2 Å². The topological polar surface area (TPSA) is 37.3 Å². The first-order chi connectivity index (χ1) is 5.97. The van der Waals surface area contributed by atoms with Crippen molar-refractivity contribution in [2.75, 3.05) is 0 Å². The molecule has 1 rings (SSSR count). The fraction of sp³-hybridized carbons (Fsp3) is 0.909. The van der Waals surface area contributed by atoms with Crippen LogP contribution >= 0.6 is 0 Å². The van der Waals surface area contributed by atoms with Crippen molar-refractivity contribution in [1.29, 1.82) is 0 Å². The van der Waals surface area contributed by atoms with E-state index in [0.29, 0.717) is 18.8 Å². The maximum atomic E-state index is 11.1. The lowest BCUT2D eigenvalue weighted by atomic mass is 9.68. The number of carbonyl (C=O) groups excluding carboxylic acids is 1. The van der Waals surface area contributed by atoms with Gasteiger partial charge in [0, 0.05) is 12.8 Å². The fourth-order valence-electron chi connectivity index (χ4n) is 2.16. The number of ketones is 1. The van der Waals surface area contributed by atoms with Crippen LogP contribution in [0.1, 0.15) is 46.5 Å². The van der Waals surface area contributed by atoms with Crippen LogP contribution in [0.15, 0.2) is 0 Å². The van der Waals surface area contributed by atoms with Gasteiger partial charge in [0.15, 0.2) is 0 Å². The number of carbonyl (C=O) groups is 1. The van der Waals surface area contributed by atoms with Crippen LogP contribution in [0.25, 0.3) is 0 Å². The Morgan fingerprint density at radius 1 is 1.54 bits per heavy atom. The van der Waals surface area contributed by atoms with Crippen molar-refractivity contribution in [3.8, 4) is 0 Å². The van der Waals surface area contributed by atoms with E-state index in [1.54, 1.807) is 0 Å². The van der Waals surface area contributed by atoms with E-state index in [-0.39, 0.29) is 11.2 Å². The van der Waals surface area contributed by atoms with Gasteiger partial charge in [0.1, 0.15) is 5.78 Å². The average molecular weight is 184 g/mol. The Hall–Kier alpha value is -0.370. The molecule has 0 bridgehead atoms. The first kappa shape index (κ1) is 10.7. The standard InChI is InChI=1S/C11H20O2/c1-4-11(2,3)9-6-5-8(12)7-10(9)13/h9-10,13H,4-7H2,1-3H3. The van der Waals surface area contributed by atoms with E-state index >= 15 is 0 Å². The number of aliphatic hydroxyl groups is 1. The molecule has 1 saturated carbocycles. The molecule has 2 unspecified atom stereocenters. The van der Waals surface area contributed by atoms with Crippen molar-refractivity contribution in [2.24, 2.45) is 11.3 Å². The molecular formula is C11H20O2. The smallest absolute Gasteiger partial charge is 0.135 e. The van der Waals surface area contributed by atoms with E-state index in [0.717, 1.165) is 12.8 Å². The summed E-state index contributed by atoms with van der Waals surface area (Å²) in [5.74, 6) is 0.519. The van der Waals surface area contributed by atoms with Crippen LogP contribution in [-0.4, -0.2) is 17.0 Å². The van der Waals surface area contributed by atoms with Crippen LogP contribution in [-0.2, 0) is 4.79 Å². The quantitative estimate of drug-likeness (QED) is 0.714. The van der Waals surface area contributed by atoms with Crippen LogP contribution in [0.3, 0.4) is 0 Å². The highest BCUT2D eigenvalue weighted by atomic mass is 16.3. The number of aliphatic hydroxyl groups excluding tert-OH is 1. The van der Waals surface area contributed by atoms with Crippen molar-refractivity contribution in [1.82, 2.24) is 0 Å². The summed E-state index contributed by atoms with van der Waals surface area (Å²) in [7, 11) is 0. The zero-order valence-electron chi connectivity index (χ0n) is 8.84. The molecule has 0 aromatic carbocycles. The third-order valence-electron chi connectivity index (χ3n) is 3.55. The summed E-state index contributed by atoms with van der Waals surface area (Å²) in [6.45, 7) is 6.50. The second kappa shape index (κ2) is 3.79. The molecular weight excluding hydrogens is 164 g/mol. The van der Waals surface area contributed by atoms with Gasteiger partial charge in [-0.05, 0) is 17.8 Å². The SMILES string of the molecule is CCC(C)(C)C1CCC(=O)CC1O. The molecule has 1 aliphatic rings. The summed E-state index contributed by atoms with van der Waals surface area (Å²) in [5.41, 5.74) is 0.167. The van der Waals surface area contributed by atoms with Gasteiger partial charge >= 0.3 is 0 Å². The Morgan fingerprint density at radius 2 is 2.15 bits per heavy atom. The Balaban J connectivity index is 2.65. The van der Waals surface area contributed by atoms with Gasteiger partial charge in [0.2, 0.25) is 0 Å². The van der Waals surface area contributed by atoms with Crippen molar-refractivity contribution < 1.29 is 9.90 Å². The molecule has 1 N–H and O–H groups in total. The highest BCUT2D eigenvalue weighted by Crippen LogP contribution is 2.39. The van der Waals surface area contributed by atoms with Gasteiger partial charge in [-0.3, -0.25) is 4.79 Å². The Labute approximate surface area is 80.3 Å². The zero-order chi connectivity index (χ0) is 10.1. The van der Waals surface area contributed by atoms with E-state index in [4.69, 9.17) is 0 Å². The molecule has 1 aliphatic carbocycles. The highest BCUT2D eigenvalue weighted by Gasteiger charge is 2.37. The minimum atomic E-state index is -0.406. The monoisotopic (exact) mass is 184 g/mol. The van der Waals surface area contributed by atoms with Gasteiger partial charge in [0.25, 0.3) is 0 Å². The van der Waals surface area contributed by atoms with Gasteiger partial charge in [-0.15, -0.1) is 0 Å². The summed E-state index contributed by atoms with van der Waals surface area (Å²) in [5, 5.41) is 9.79. The average Bonchev–Trinajstić information content (AvgIpc) is 2.03. The molecule has 0 aliphatic heterocycles. The maximum Gasteiger partial charge on any atom is 0.135 e. The van der Waals surface area contributed by atoms with Gasteiger partial charge < -0.3 is 5.11 Å². The Morgan fingerprint density at radius 3 is 2.62 bits per heavy atom. The molecule has 0 amide bonds. The highest BCUT2D eigenvalue weighted by molar-refractivity contribution is 5.79. The molecule has 0 saturated heterocycles. The molecule has 0 heterocycles. The zero-order valence-corrected chi connectivity index (χ0v) is 8.84. The number of Topliss-reactive ketones (excluding diaryl/α,β-unsaturated/α-hetero) is 1. The Kier molecular flexibility index (Phi) is 3.12. The molecule has 0 spiro atoms. The van der Waals surface area contributed by atoms with Crippen molar-refractivity contribution in [3.05, 3.63) is 0 Å². The summed E-state index contributed by atoms with van der Waals surface area (Å²) in [6, 6.07) is 0. The predicted molar refractivity (Wildman–Crippen MR) is 52.4 cm³/mol. The third-order valence-corrected chi connectivity index (χ3v) is 3.55. The molecule has 76 valence electrons. The van der Waals surface area contributed by atoms with E-state index < -0.39 is 6.10 Å². The molecule has 0 aromatic heterocycles. The minimum Gasteiger partial charge on any atom is -0.392 e. The molecule has 0 radical (unpaired) electrons. The van der Waals surface area contributed by atoms with Crippen LogP contribution in [0.5, 0.6) is 0 Å². The lowest BCUT2D eigenvalue weighted by Gasteiger charge is -2.39. The van der Waals surface area contributed by atoms with Gasteiger partial charge in [0.05, 0.1) is 6.10 Å². The van der Waals surface area contributed by atoms with E-state index in [9.17, 15) is 9.90 Å². The second-order valence-electron chi connectivity index (χ2n) is 4.80.